The fourth-order valence-corrected chi connectivity index (χ4v) is 1.16. The molecular weight excluding hydrogens is 131 g/mol. The lowest BCUT2D eigenvalue weighted by molar-refractivity contribution is 0.216. The minimum atomic E-state index is -0.743. The van der Waals surface area contributed by atoms with Gasteiger partial charge < -0.3 is 5.11 Å². The molecule has 1 aliphatic rings. The summed E-state index contributed by atoms with van der Waals surface area (Å²) in [5.41, 5.74) is 0.852. The first kappa shape index (κ1) is 7.73. The maximum Gasteiger partial charge on any atom is 0.107 e. The third-order valence-electron chi connectivity index (χ3n) is 2.06. The van der Waals surface area contributed by atoms with E-state index in [4.69, 9.17) is 5.11 Å². The molecule has 58 valence electrons. The highest BCUT2D eigenvalue weighted by Crippen LogP contribution is 2.25. The predicted molar refractivity (Wildman–Crippen MR) is 38.5 cm³/mol. The van der Waals surface area contributed by atoms with Crippen LogP contribution in [0.3, 0.4) is 0 Å². The SMILES string of the molecule is CC1CC=C(CO)C[C@H]1F. The molecule has 0 aliphatic heterocycles. The molecule has 0 saturated carbocycles. The molecule has 0 aromatic rings. The number of allylic oxidation sites excluding steroid dienone is 1. The summed E-state index contributed by atoms with van der Waals surface area (Å²) in [4.78, 5) is 0. The van der Waals surface area contributed by atoms with Crippen molar-refractivity contribution in [2.45, 2.75) is 25.9 Å². The smallest absolute Gasteiger partial charge is 0.107 e. The zero-order chi connectivity index (χ0) is 7.56. The average molecular weight is 144 g/mol. The van der Waals surface area contributed by atoms with Crippen molar-refractivity contribution in [3.63, 3.8) is 0 Å². The maximum atomic E-state index is 12.9. The highest BCUT2D eigenvalue weighted by Gasteiger charge is 2.20. The Morgan fingerprint density at radius 3 is 3.00 bits per heavy atom. The van der Waals surface area contributed by atoms with Crippen LogP contribution in [0.25, 0.3) is 0 Å². The second-order valence-electron chi connectivity index (χ2n) is 2.95. The molecule has 10 heavy (non-hydrogen) atoms. The summed E-state index contributed by atoms with van der Waals surface area (Å²) in [7, 11) is 0. The summed E-state index contributed by atoms with van der Waals surface area (Å²) in [5, 5.41) is 8.66. The van der Waals surface area contributed by atoms with E-state index in [-0.39, 0.29) is 12.5 Å². The quantitative estimate of drug-likeness (QED) is 0.555. The van der Waals surface area contributed by atoms with Crippen molar-refractivity contribution in [3.8, 4) is 0 Å². The Bertz CT molecular complexity index is 142. The number of halogens is 1. The zero-order valence-electron chi connectivity index (χ0n) is 6.18. The summed E-state index contributed by atoms with van der Waals surface area (Å²) in [6, 6.07) is 0. The van der Waals surface area contributed by atoms with E-state index < -0.39 is 6.17 Å². The van der Waals surface area contributed by atoms with Crippen LogP contribution in [0, 0.1) is 5.92 Å². The van der Waals surface area contributed by atoms with Crippen LogP contribution in [0.5, 0.6) is 0 Å². The molecule has 2 heteroatoms. The van der Waals surface area contributed by atoms with Gasteiger partial charge in [-0.3, -0.25) is 0 Å². The van der Waals surface area contributed by atoms with Gasteiger partial charge in [0.1, 0.15) is 6.17 Å². The number of aliphatic hydroxyl groups is 1. The molecule has 1 nitrogen and oxygen atoms in total. The van der Waals surface area contributed by atoms with Gasteiger partial charge in [0.2, 0.25) is 0 Å². The van der Waals surface area contributed by atoms with Crippen molar-refractivity contribution >= 4 is 0 Å². The Hall–Kier alpha value is -0.370. The third-order valence-corrected chi connectivity index (χ3v) is 2.06. The van der Waals surface area contributed by atoms with Crippen LogP contribution < -0.4 is 0 Å². The molecule has 0 aromatic carbocycles. The van der Waals surface area contributed by atoms with Gasteiger partial charge in [0, 0.05) is 6.42 Å². The first-order chi connectivity index (χ1) is 4.74. The molecule has 0 aromatic heterocycles. The molecule has 0 amide bonds. The monoisotopic (exact) mass is 144 g/mol. The largest absolute Gasteiger partial charge is 0.392 e. The van der Waals surface area contributed by atoms with E-state index >= 15 is 0 Å². The van der Waals surface area contributed by atoms with E-state index in [2.05, 4.69) is 0 Å². The van der Waals surface area contributed by atoms with E-state index in [1.807, 2.05) is 13.0 Å². The van der Waals surface area contributed by atoms with Crippen molar-refractivity contribution < 1.29 is 9.50 Å². The fraction of sp³-hybridized carbons (Fsp3) is 0.750. The zero-order valence-corrected chi connectivity index (χ0v) is 6.18. The van der Waals surface area contributed by atoms with Gasteiger partial charge >= 0.3 is 0 Å². The highest BCUT2D eigenvalue weighted by atomic mass is 19.1. The first-order valence-corrected chi connectivity index (χ1v) is 3.67. The van der Waals surface area contributed by atoms with E-state index in [0.29, 0.717) is 6.42 Å². The van der Waals surface area contributed by atoms with Gasteiger partial charge in [-0.15, -0.1) is 0 Å². The number of hydrogen-bond donors (Lipinski definition) is 1. The number of alkyl halides is 1. The van der Waals surface area contributed by atoms with Crippen molar-refractivity contribution in [1.82, 2.24) is 0 Å². The van der Waals surface area contributed by atoms with Crippen LogP contribution >= 0.6 is 0 Å². The summed E-state index contributed by atoms with van der Waals surface area (Å²) < 4.78 is 12.9. The molecule has 1 rings (SSSR count). The van der Waals surface area contributed by atoms with E-state index in [1.165, 1.54) is 0 Å². The molecular formula is C8H13FO. The molecule has 1 unspecified atom stereocenters. The van der Waals surface area contributed by atoms with Crippen LogP contribution in [0.2, 0.25) is 0 Å². The molecule has 1 N–H and O–H groups in total. The number of aliphatic hydroxyl groups excluding tert-OH is 1. The Labute approximate surface area is 60.6 Å². The van der Waals surface area contributed by atoms with Gasteiger partial charge in [-0.2, -0.15) is 0 Å². The molecule has 0 radical (unpaired) electrons. The van der Waals surface area contributed by atoms with E-state index in [1.54, 1.807) is 0 Å². The van der Waals surface area contributed by atoms with Crippen molar-refractivity contribution in [3.05, 3.63) is 11.6 Å². The van der Waals surface area contributed by atoms with Gasteiger partial charge in [-0.25, -0.2) is 4.39 Å². The Balaban J connectivity index is 2.52. The van der Waals surface area contributed by atoms with Crippen molar-refractivity contribution in [2.75, 3.05) is 6.61 Å². The van der Waals surface area contributed by atoms with Crippen LogP contribution in [0.15, 0.2) is 11.6 Å². The molecule has 2 atom stereocenters. The molecule has 0 saturated heterocycles. The van der Waals surface area contributed by atoms with Crippen molar-refractivity contribution in [2.24, 2.45) is 5.92 Å². The van der Waals surface area contributed by atoms with Crippen LogP contribution in [-0.4, -0.2) is 17.9 Å². The average Bonchev–Trinajstić information content (AvgIpc) is 1.95. The van der Waals surface area contributed by atoms with Crippen molar-refractivity contribution in [1.29, 1.82) is 0 Å². The lowest BCUT2D eigenvalue weighted by Crippen LogP contribution is -2.18. The third kappa shape index (κ3) is 1.57. The highest BCUT2D eigenvalue weighted by molar-refractivity contribution is 5.08. The Morgan fingerprint density at radius 1 is 1.80 bits per heavy atom. The van der Waals surface area contributed by atoms with Gasteiger partial charge in [0.25, 0.3) is 0 Å². The van der Waals surface area contributed by atoms with Gasteiger partial charge in [0.15, 0.2) is 0 Å². The topological polar surface area (TPSA) is 20.2 Å². The molecule has 0 fully saturated rings. The molecule has 0 bridgehead atoms. The van der Waals surface area contributed by atoms with Crippen LogP contribution in [-0.2, 0) is 0 Å². The second kappa shape index (κ2) is 3.15. The standard InChI is InChI=1S/C8H13FO/c1-6-2-3-7(5-10)4-8(6)9/h3,6,8,10H,2,4-5H2,1H3/t6?,8-/m1/s1. The van der Waals surface area contributed by atoms with Gasteiger partial charge in [0.05, 0.1) is 6.61 Å². The van der Waals surface area contributed by atoms with Crippen LogP contribution in [0.1, 0.15) is 19.8 Å². The summed E-state index contributed by atoms with van der Waals surface area (Å²) >= 11 is 0. The van der Waals surface area contributed by atoms with Gasteiger partial charge in [-0.1, -0.05) is 13.0 Å². The lowest BCUT2D eigenvalue weighted by Gasteiger charge is -2.21. The second-order valence-corrected chi connectivity index (χ2v) is 2.95. The van der Waals surface area contributed by atoms with Gasteiger partial charge in [-0.05, 0) is 17.9 Å². The Morgan fingerprint density at radius 2 is 2.50 bits per heavy atom. The predicted octanol–water partition coefficient (Wildman–Crippen LogP) is 1.67. The molecule has 1 aliphatic carbocycles. The first-order valence-electron chi connectivity index (χ1n) is 3.67. The minimum Gasteiger partial charge on any atom is -0.392 e. The number of hydrogen-bond acceptors (Lipinski definition) is 1. The number of rotatable bonds is 1. The summed E-state index contributed by atoms with van der Waals surface area (Å²) in [6.07, 6.45) is 2.40. The Kier molecular flexibility index (Phi) is 2.44. The summed E-state index contributed by atoms with van der Waals surface area (Å²) in [6.45, 7) is 1.92. The van der Waals surface area contributed by atoms with Crippen LogP contribution in [0.4, 0.5) is 4.39 Å². The minimum absolute atomic E-state index is 0.0210. The van der Waals surface area contributed by atoms with E-state index in [9.17, 15) is 4.39 Å². The molecule has 0 heterocycles. The normalized spacial score (nSPS) is 33.7. The lowest BCUT2D eigenvalue weighted by atomic mass is 9.90. The van der Waals surface area contributed by atoms with E-state index in [0.717, 1.165) is 12.0 Å². The molecule has 0 spiro atoms. The summed E-state index contributed by atoms with van der Waals surface area (Å²) in [5.74, 6) is 0.135. The fourth-order valence-electron chi connectivity index (χ4n) is 1.16. The maximum absolute atomic E-state index is 12.9.